The third-order valence-electron chi connectivity index (χ3n) is 4.11. The van der Waals surface area contributed by atoms with Crippen LogP contribution in [0.15, 0.2) is 36.4 Å². The average molecular weight is 345 g/mol. The first-order chi connectivity index (χ1) is 11.4. The number of benzene rings is 2. The van der Waals surface area contributed by atoms with E-state index < -0.39 is 0 Å². The molecule has 0 saturated heterocycles. The van der Waals surface area contributed by atoms with Gasteiger partial charge in [0.2, 0.25) is 0 Å². The number of carbonyl (C=O) groups is 1. The number of halogens is 1. The van der Waals surface area contributed by atoms with Crippen molar-refractivity contribution in [1.29, 1.82) is 0 Å². The van der Waals surface area contributed by atoms with E-state index in [1.54, 1.807) is 0 Å². The molecule has 4 heteroatoms. The fourth-order valence-electron chi connectivity index (χ4n) is 2.63. The van der Waals surface area contributed by atoms with Gasteiger partial charge in [0, 0.05) is 17.3 Å². The van der Waals surface area contributed by atoms with Crippen molar-refractivity contribution in [3.8, 4) is 0 Å². The molecule has 0 unspecified atom stereocenters. The van der Waals surface area contributed by atoms with Crippen LogP contribution in [0.1, 0.15) is 48.9 Å². The van der Waals surface area contributed by atoms with Gasteiger partial charge in [0.25, 0.3) is 0 Å². The molecule has 128 valence electrons. The van der Waals surface area contributed by atoms with Crippen LogP contribution in [0.5, 0.6) is 0 Å². The molecule has 0 spiro atoms. The smallest absolute Gasteiger partial charge is 0.319 e. The van der Waals surface area contributed by atoms with E-state index in [4.69, 9.17) is 11.6 Å². The maximum atomic E-state index is 12.3. The van der Waals surface area contributed by atoms with Crippen molar-refractivity contribution in [2.24, 2.45) is 0 Å². The number of urea groups is 1. The summed E-state index contributed by atoms with van der Waals surface area (Å²) in [5, 5.41) is 6.64. The zero-order chi connectivity index (χ0) is 17.7. The number of hydrogen-bond donors (Lipinski definition) is 2. The Morgan fingerprint density at radius 3 is 2.58 bits per heavy atom. The molecule has 2 aromatic carbocycles. The lowest BCUT2D eigenvalue weighted by Gasteiger charge is -2.18. The minimum atomic E-state index is -0.200. The maximum absolute atomic E-state index is 12.3. The SMILES string of the molecule is CCc1cccc(C(C)C)c1NC(=O)NCc1ccc(C)c(Cl)c1. The van der Waals surface area contributed by atoms with E-state index in [1.807, 2.05) is 31.2 Å². The first-order valence-electron chi connectivity index (χ1n) is 8.34. The molecule has 2 aromatic rings. The van der Waals surface area contributed by atoms with Crippen LogP contribution in [-0.2, 0) is 13.0 Å². The molecule has 0 aliphatic rings. The van der Waals surface area contributed by atoms with Crippen molar-refractivity contribution in [2.75, 3.05) is 5.32 Å². The zero-order valence-corrected chi connectivity index (χ0v) is 15.5. The molecule has 0 radical (unpaired) electrons. The van der Waals surface area contributed by atoms with E-state index >= 15 is 0 Å². The Morgan fingerprint density at radius 2 is 1.96 bits per heavy atom. The van der Waals surface area contributed by atoms with Gasteiger partial charge in [-0.3, -0.25) is 0 Å². The second kappa shape index (κ2) is 8.20. The second-order valence-electron chi connectivity index (χ2n) is 6.28. The lowest BCUT2D eigenvalue weighted by atomic mass is 9.96. The molecule has 0 fully saturated rings. The van der Waals surface area contributed by atoms with Crippen LogP contribution >= 0.6 is 11.6 Å². The molecule has 0 aliphatic carbocycles. The third kappa shape index (κ3) is 4.51. The lowest BCUT2D eigenvalue weighted by molar-refractivity contribution is 0.251. The van der Waals surface area contributed by atoms with Gasteiger partial charge in [-0.2, -0.15) is 0 Å². The molecule has 0 heterocycles. The quantitative estimate of drug-likeness (QED) is 0.722. The van der Waals surface area contributed by atoms with Crippen LogP contribution in [0.2, 0.25) is 5.02 Å². The first-order valence-corrected chi connectivity index (χ1v) is 8.71. The van der Waals surface area contributed by atoms with Crippen molar-refractivity contribution in [2.45, 2.75) is 46.6 Å². The molecule has 0 aliphatic heterocycles. The van der Waals surface area contributed by atoms with E-state index in [1.165, 1.54) is 0 Å². The predicted octanol–water partition coefficient (Wildman–Crippen LogP) is 5.66. The van der Waals surface area contributed by atoms with Crippen molar-refractivity contribution < 1.29 is 4.79 Å². The largest absolute Gasteiger partial charge is 0.334 e. The van der Waals surface area contributed by atoms with Crippen LogP contribution in [0, 0.1) is 6.92 Å². The van der Waals surface area contributed by atoms with Crippen LogP contribution in [0.25, 0.3) is 0 Å². The van der Waals surface area contributed by atoms with Gasteiger partial charge in [-0.25, -0.2) is 4.79 Å². The summed E-state index contributed by atoms with van der Waals surface area (Å²) < 4.78 is 0. The Bertz CT molecular complexity index is 726. The number of carbonyl (C=O) groups excluding carboxylic acids is 1. The van der Waals surface area contributed by atoms with Crippen LogP contribution in [0.4, 0.5) is 10.5 Å². The topological polar surface area (TPSA) is 41.1 Å². The predicted molar refractivity (Wildman–Crippen MR) is 102 cm³/mol. The van der Waals surface area contributed by atoms with Gasteiger partial charge >= 0.3 is 6.03 Å². The minimum Gasteiger partial charge on any atom is -0.334 e. The Hall–Kier alpha value is -2.00. The lowest BCUT2D eigenvalue weighted by Crippen LogP contribution is -2.29. The normalized spacial score (nSPS) is 10.8. The number of amides is 2. The molecule has 0 aromatic heterocycles. The minimum absolute atomic E-state index is 0.200. The van der Waals surface area contributed by atoms with Gasteiger partial charge in [0.05, 0.1) is 0 Å². The molecule has 3 nitrogen and oxygen atoms in total. The van der Waals surface area contributed by atoms with Gasteiger partial charge in [-0.1, -0.05) is 62.7 Å². The number of hydrogen-bond acceptors (Lipinski definition) is 1. The number of rotatable bonds is 5. The third-order valence-corrected chi connectivity index (χ3v) is 4.52. The highest BCUT2D eigenvalue weighted by atomic mass is 35.5. The van der Waals surface area contributed by atoms with E-state index in [0.717, 1.165) is 34.4 Å². The van der Waals surface area contributed by atoms with Gasteiger partial charge < -0.3 is 10.6 Å². The Morgan fingerprint density at radius 1 is 1.21 bits per heavy atom. The number of para-hydroxylation sites is 1. The summed E-state index contributed by atoms with van der Waals surface area (Å²) in [7, 11) is 0. The summed E-state index contributed by atoms with van der Waals surface area (Å²) in [5.74, 6) is 0.350. The summed E-state index contributed by atoms with van der Waals surface area (Å²) in [6.45, 7) is 8.76. The van der Waals surface area contributed by atoms with Crippen LogP contribution in [-0.4, -0.2) is 6.03 Å². The van der Waals surface area contributed by atoms with E-state index in [9.17, 15) is 4.79 Å². The fourth-order valence-corrected chi connectivity index (χ4v) is 2.84. The highest BCUT2D eigenvalue weighted by Crippen LogP contribution is 2.28. The van der Waals surface area contributed by atoms with Crippen molar-refractivity contribution >= 4 is 23.3 Å². The first kappa shape index (κ1) is 18.3. The van der Waals surface area contributed by atoms with Gasteiger partial charge in [0.1, 0.15) is 0 Å². The highest BCUT2D eigenvalue weighted by molar-refractivity contribution is 6.31. The molecular formula is C20H25ClN2O. The second-order valence-corrected chi connectivity index (χ2v) is 6.69. The molecule has 2 amide bonds. The summed E-state index contributed by atoms with van der Waals surface area (Å²) in [6.07, 6.45) is 0.879. The van der Waals surface area contributed by atoms with Gasteiger partial charge in [-0.05, 0) is 47.6 Å². The Kier molecular flexibility index (Phi) is 6.27. The zero-order valence-electron chi connectivity index (χ0n) is 14.7. The molecule has 2 N–H and O–H groups in total. The maximum Gasteiger partial charge on any atom is 0.319 e. The van der Waals surface area contributed by atoms with E-state index in [2.05, 4.69) is 43.5 Å². The average Bonchev–Trinajstić information content (AvgIpc) is 2.56. The Labute approximate surface area is 149 Å². The molecule has 0 saturated carbocycles. The molecule has 2 rings (SSSR count). The summed E-state index contributed by atoms with van der Waals surface area (Å²) >= 11 is 6.13. The van der Waals surface area contributed by atoms with Crippen molar-refractivity contribution in [3.63, 3.8) is 0 Å². The molecule has 0 atom stereocenters. The highest BCUT2D eigenvalue weighted by Gasteiger charge is 2.13. The number of aryl methyl sites for hydroxylation is 2. The van der Waals surface area contributed by atoms with Gasteiger partial charge in [0.15, 0.2) is 0 Å². The summed E-state index contributed by atoms with van der Waals surface area (Å²) in [6, 6.07) is 11.8. The number of nitrogens with one attached hydrogen (secondary N) is 2. The molecule has 0 bridgehead atoms. The van der Waals surface area contributed by atoms with Crippen molar-refractivity contribution in [3.05, 3.63) is 63.7 Å². The summed E-state index contributed by atoms with van der Waals surface area (Å²) in [5.41, 5.74) is 5.24. The fraction of sp³-hybridized carbons (Fsp3) is 0.350. The molecule has 24 heavy (non-hydrogen) atoms. The van der Waals surface area contributed by atoms with Crippen molar-refractivity contribution in [1.82, 2.24) is 5.32 Å². The monoisotopic (exact) mass is 344 g/mol. The molecular weight excluding hydrogens is 320 g/mol. The van der Waals surface area contributed by atoms with Gasteiger partial charge in [-0.15, -0.1) is 0 Å². The number of anilines is 1. The van der Waals surface area contributed by atoms with E-state index in [-0.39, 0.29) is 6.03 Å². The van der Waals surface area contributed by atoms with E-state index in [0.29, 0.717) is 17.5 Å². The van der Waals surface area contributed by atoms with Crippen LogP contribution < -0.4 is 10.6 Å². The van der Waals surface area contributed by atoms with Crippen LogP contribution in [0.3, 0.4) is 0 Å². The Balaban J connectivity index is 2.08. The summed E-state index contributed by atoms with van der Waals surface area (Å²) in [4.78, 5) is 12.3. The standard InChI is InChI=1S/C20H25ClN2O/c1-5-16-7-6-8-17(13(2)3)19(16)23-20(24)22-12-15-10-9-14(4)18(21)11-15/h6-11,13H,5,12H2,1-4H3,(H2,22,23,24).